The number of fused-ring (bicyclic) bond motifs is 1. The van der Waals surface area contributed by atoms with Gasteiger partial charge in [-0.05, 0) is 61.5 Å². The van der Waals surface area contributed by atoms with E-state index in [-0.39, 0.29) is 0 Å². The van der Waals surface area contributed by atoms with E-state index < -0.39 is 0 Å². The van der Waals surface area contributed by atoms with Crippen LogP contribution in [0.2, 0.25) is 0 Å². The average molecular weight is 385 g/mol. The highest BCUT2D eigenvalue weighted by Crippen LogP contribution is 2.36. The van der Waals surface area contributed by atoms with Crippen LogP contribution in [0.4, 0.5) is 5.69 Å². The third-order valence-electron chi connectivity index (χ3n) is 5.72. The van der Waals surface area contributed by atoms with E-state index >= 15 is 0 Å². The second-order valence-electron chi connectivity index (χ2n) is 7.34. The summed E-state index contributed by atoms with van der Waals surface area (Å²) >= 11 is 1.57. The first-order valence-electron chi connectivity index (χ1n) is 9.94. The molecule has 1 fully saturated rings. The van der Waals surface area contributed by atoms with Gasteiger partial charge in [0.2, 0.25) is 5.88 Å². The number of methoxy groups -OCH3 is 1. The lowest BCUT2D eigenvalue weighted by molar-refractivity contribution is 0.303. The van der Waals surface area contributed by atoms with Crippen LogP contribution in [0.25, 0.3) is 0 Å². The van der Waals surface area contributed by atoms with Crippen LogP contribution in [-0.2, 0) is 12.8 Å². The van der Waals surface area contributed by atoms with Crippen LogP contribution in [0.5, 0.6) is 5.88 Å². The maximum atomic E-state index is 5.55. The minimum absolute atomic E-state index is 0.672. The number of nitrogens with zero attached hydrogens (tertiary/aromatic N) is 3. The number of rotatable bonds is 6. The van der Waals surface area contributed by atoms with Crippen LogP contribution in [0.15, 0.2) is 29.3 Å². The SMILES string of the molecule is CCN1CCc2cc(NSc3ccc(C4CCC4)nc3)c(OC)nc2CC1. The fourth-order valence-corrected chi connectivity index (χ4v) is 4.33. The zero-order chi connectivity index (χ0) is 18.6. The van der Waals surface area contributed by atoms with Gasteiger partial charge >= 0.3 is 0 Å². The Balaban J connectivity index is 1.46. The minimum Gasteiger partial charge on any atom is -0.479 e. The van der Waals surface area contributed by atoms with E-state index in [1.165, 1.54) is 36.2 Å². The molecule has 0 saturated heterocycles. The largest absolute Gasteiger partial charge is 0.479 e. The molecule has 6 heteroatoms. The molecule has 1 aliphatic carbocycles. The Morgan fingerprint density at radius 2 is 2.11 bits per heavy atom. The van der Waals surface area contributed by atoms with Gasteiger partial charge in [-0.2, -0.15) is 0 Å². The standard InChI is InChI=1S/C21H28N4OS/c1-3-25-11-9-16-13-20(21(26-2)23-19(16)10-12-25)24-27-17-7-8-18(22-14-17)15-5-4-6-15/h7-8,13-15,24H,3-6,9-12H2,1-2H3. The number of likely N-dealkylation sites (N-methyl/N-ethyl adjacent to an activating group) is 1. The quantitative estimate of drug-likeness (QED) is 0.750. The van der Waals surface area contributed by atoms with Gasteiger partial charge in [-0.3, -0.25) is 4.98 Å². The molecule has 0 atom stereocenters. The highest BCUT2D eigenvalue weighted by atomic mass is 32.2. The Hall–Kier alpha value is -1.79. The lowest BCUT2D eigenvalue weighted by Crippen LogP contribution is -2.25. The Morgan fingerprint density at radius 3 is 2.78 bits per heavy atom. The maximum absolute atomic E-state index is 5.55. The maximum Gasteiger partial charge on any atom is 0.238 e. The summed E-state index contributed by atoms with van der Waals surface area (Å²) in [6.07, 6.45) is 7.90. The molecular formula is C21H28N4OS. The molecular weight excluding hydrogens is 356 g/mol. The monoisotopic (exact) mass is 384 g/mol. The molecule has 2 aliphatic rings. The lowest BCUT2D eigenvalue weighted by Gasteiger charge is -2.24. The molecule has 0 spiro atoms. The van der Waals surface area contributed by atoms with Crippen molar-refractivity contribution in [1.29, 1.82) is 0 Å². The second kappa shape index (κ2) is 8.48. The van der Waals surface area contributed by atoms with Gasteiger partial charge in [0.15, 0.2) is 0 Å². The molecule has 2 aromatic heterocycles. The van der Waals surface area contributed by atoms with Crippen LogP contribution in [0.3, 0.4) is 0 Å². The molecule has 144 valence electrons. The Kier molecular flexibility index (Phi) is 5.83. The smallest absolute Gasteiger partial charge is 0.238 e. The van der Waals surface area contributed by atoms with E-state index in [4.69, 9.17) is 9.72 Å². The van der Waals surface area contributed by atoms with Crippen molar-refractivity contribution < 1.29 is 4.74 Å². The molecule has 0 radical (unpaired) electrons. The van der Waals surface area contributed by atoms with Gasteiger partial charge in [0, 0.05) is 47.9 Å². The number of hydrogen-bond acceptors (Lipinski definition) is 6. The number of pyridine rings is 2. The number of hydrogen-bond donors (Lipinski definition) is 1. The van der Waals surface area contributed by atoms with Crippen molar-refractivity contribution in [3.63, 3.8) is 0 Å². The lowest BCUT2D eigenvalue weighted by atomic mass is 9.83. The van der Waals surface area contributed by atoms with E-state index in [0.717, 1.165) is 43.1 Å². The predicted octanol–water partition coefficient (Wildman–Crippen LogP) is 4.29. The van der Waals surface area contributed by atoms with Gasteiger partial charge in [-0.15, -0.1) is 0 Å². The Bertz CT molecular complexity index is 776. The van der Waals surface area contributed by atoms with Crippen LogP contribution in [-0.4, -0.2) is 41.6 Å². The number of anilines is 1. The van der Waals surface area contributed by atoms with Crippen molar-refractivity contribution in [2.24, 2.45) is 0 Å². The fraction of sp³-hybridized carbons (Fsp3) is 0.524. The molecule has 0 amide bonds. The predicted molar refractivity (Wildman–Crippen MR) is 111 cm³/mol. The van der Waals surface area contributed by atoms with E-state index in [9.17, 15) is 0 Å². The third kappa shape index (κ3) is 4.22. The summed E-state index contributed by atoms with van der Waals surface area (Å²) in [4.78, 5) is 13.0. The third-order valence-corrected chi connectivity index (χ3v) is 6.52. The van der Waals surface area contributed by atoms with Gasteiger partial charge in [0.05, 0.1) is 7.11 Å². The van der Waals surface area contributed by atoms with Gasteiger partial charge in [0.25, 0.3) is 0 Å². The van der Waals surface area contributed by atoms with E-state index in [2.05, 4.69) is 39.7 Å². The molecule has 5 nitrogen and oxygen atoms in total. The minimum atomic E-state index is 0.672. The average Bonchev–Trinajstić information content (AvgIpc) is 2.87. The summed E-state index contributed by atoms with van der Waals surface area (Å²) in [5.74, 6) is 1.35. The number of aromatic nitrogens is 2. The van der Waals surface area contributed by atoms with Crippen LogP contribution in [0, 0.1) is 0 Å². The molecule has 1 N–H and O–H groups in total. The summed E-state index contributed by atoms with van der Waals surface area (Å²) in [5, 5.41) is 0. The molecule has 1 saturated carbocycles. The van der Waals surface area contributed by atoms with Crippen molar-refractivity contribution in [2.75, 3.05) is 31.5 Å². The molecule has 3 heterocycles. The molecule has 0 aromatic carbocycles. The van der Waals surface area contributed by atoms with E-state index in [1.807, 2.05) is 6.20 Å². The first-order chi connectivity index (χ1) is 13.3. The first-order valence-corrected chi connectivity index (χ1v) is 10.8. The Morgan fingerprint density at radius 1 is 1.26 bits per heavy atom. The summed E-state index contributed by atoms with van der Waals surface area (Å²) in [6.45, 7) is 5.48. The molecule has 4 rings (SSSR count). The molecule has 27 heavy (non-hydrogen) atoms. The van der Waals surface area contributed by atoms with Gasteiger partial charge in [0.1, 0.15) is 5.69 Å². The summed E-state index contributed by atoms with van der Waals surface area (Å²) < 4.78 is 8.98. The summed E-state index contributed by atoms with van der Waals surface area (Å²) in [7, 11) is 1.69. The molecule has 2 aromatic rings. The van der Waals surface area contributed by atoms with Crippen molar-refractivity contribution in [2.45, 2.75) is 49.8 Å². The fourth-order valence-electron chi connectivity index (χ4n) is 3.72. The normalized spacial score (nSPS) is 17.7. The molecule has 0 bridgehead atoms. The Labute approximate surface area is 166 Å². The topological polar surface area (TPSA) is 50.3 Å². The number of ether oxygens (including phenoxy) is 1. The molecule has 0 unspecified atom stereocenters. The van der Waals surface area contributed by atoms with E-state index in [0.29, 0.717) is 11.8 Å². The van der Waals surface area contributed by atoms with Crippen molar-refractivity contribution >= 4 is 17.6 Å². The van der Waals surface area contributed by atoms with Crippen LogP contribution >= 0.6 is 11.9 Å². The van der Waals surface area contributed by atoms with Crippen molar-refractivity contribution in [1.82, 2.24) is 14.9 Å². The summed E-state index contributed by atoms with van der Waals surface area (Å²) in [5.41, 5.74) is 4.67. The zero-order valence-electron chi connectivity index (χ0n) is 16.2. The second-order valence-corrected chi connectivity index (χ2v) is 8.22. The van der Waals surface area contributed by atoms with E-state index in [1.54, 1.807) is 19.1 Å². The van der Waals surface area contributed by atoms with Gasteiger partial charge < -0.3 is 14.4 Å². The first kappa shape index (κ1) is 18.6. The number of nitrogens with one attached hydrogen (secondary N) is 1. The highest BCUT2D eigenvalue weighted by Gasteiger charge is 2.21. The van der Waals surface area contributed by atoms with Gasteiger partial charge in [-0.1, -0.05) is 13.3 Å². The molecule has 1 aliphatic heterocycles. The summed E-state index contributed by atoms with van der Waals surface area (Å²) in [6, 6.07) is 6.53. The zero-order valence-corrected chi connectivity index (χ0v) is 17.0. The highest BCUT2D eigenvalue weighted by molar-refractivity contribution is 8.00. The van der Waals surface area contributed by atoms with Gasteiger partial charge in [-0.25, -0.2) is 4.98 Å². The van der Waals surface area contributed by atoms with Crippen LogP contribution in [0.1, 0.15) is 49.1 Å². The van der Waals surface area contributed by atoms with Crippen molar-refractivity contribution in [3.05, 3.63) is 41.3 Å². The van der Waals surface area contributed by atoms with Crippen LogP contribution < -0.4 is 9.46 Å². The van der Waals surface area contributed by atoms with Crippen molar-refractivity contribution in [3.8, 4) is 5.88 Å².